The van der Waals surface area contributed by atoms with Gasteiger partial charge in [-0.25, -0.2) is 14.8 Å². The molecule has 1 aromatic heterocycles. The molecule has 0 radical (unpaired) electrons. The predicted octanol–water partition coefficient (Wildman–Crippen LogP) is 2.28. The minimum absolute atomic E-state index is 0.247. The molecule has 5 heteroatoms. The van der Waals surface area contributed by atoms with E-state index in [1.54, 1.807) is 6.20 Å². The van der Waals surface area contributed by atoms with Gasteiger partial charge in [0, 0.05) is 13.1 Å². The molecule has 2 unspecified atom stereocenters. The largest absolute Gasteiger partial charge is 0.464 e. The van der Waals surface area contributed by atoms with Gasteiger partial charge in [-0.1, -0.05) is 19.8 Å². The highest BCUT2D eigenvalue weighted by molar-refractivity contribution is 5.86. The average molecular weight is 263 g/mol. The molecule has 1 aromatic rings. The van der Waals surface area contributed by atoms with Crippen molar-refractivity contribution < 1.29 is 9.53 Å². The Kier molecular flexibility index (Phi) is 4.35. The third-order valence-corrected chi connectivity index (χ3v) is 3.96. The Morgan fingerprint density at radius 3 is 2.63 bits per heavy atom. The van der Waals surface area contributed by atoms with Gasteiger partial charge in [0.25, 0.3) is 0 Å². The van der Waals surface area contributed by atoms with Crippen molar-refractivity contribution in [2.24, 2.45) is 5.92 Å². The van der Waals surface area contributed by atoms with Crippen molar-refractivity contribution in [1.29, 1.82) is 0 Å². The second-order valence-electron chi connectivity index (χ2n) is 5.19. The minimum Gasteiger partial charge on any atom is -0.464 e. The molecular weight excluding hydrogens is 242 g/mol. The van der Waals surface area contributed by atoms with E-state index in [4.69, 9.17) is 0 Å². The van der Waals surface area contributed by atoms with Crippen LogP contribution >= 0.6 is 0 Å². The SMILES string of the molecule is COC(=O)c1cnc(N(C)C2CCCCC2C)cn1. The van der Waals surface area contributed by atoms with Crippen LogP contribution in [0.2, 0.25) is 0 Å². The normalized spacial score (nSPS) is 22.9. The van der Waals surface area contributed by atoms with Gasteiger partial charge in [0.2, 0.25) is 0 Å². The quantitative estimate of drug-likeness (QED) is 0.783. The molecule has 0 aromatic carbocycles. The van der Waals surface area contributed by atoms with Crippen LogP contribution in [-0.2, 0) is 4.74 Å². The number of nitrogens with zero attached hydrogens (tertiary/aromatic N) is 3. The van der Waals surface area contributed by atoms with Gasteiger partial charge in [0.05, 0.1) is 19.5 Å². The Morgan fingerprint density at radius 1 is 1.32 bits per heavy atom. The Bertz CT molecular complexity index is 433. The summed E-state index contributed by atoms with van der Waals surface area (Å²) in [5.74, 6) is 1.03. The highest BCUT2D eigenvalue weighted by Crippen LogP contribution is 2.29. The summed E-state index contributed by atoms with van der Waals surface area (Å²) in [6, 6.07) is 0.507. The molecule has 1 aliphatic rings. The lowest BCUT2D eigenvalue weighted by atomic mass is 9.85. The third-order valence-electron chi connectivity index (χ3n) is 3.96. The maximum absolute atomic E-state index is 11.3. The average Bonchev–Trinajstić information content (AvgIpc) is 2.46. The monoisotopic (exact) mass is 263 g/mol. The zero-order valence-corrected chi connectivity index (χ0v) is 11.8. The highest BCUT2D eigenvalue weighted by atomic mass is 16.5. The lowest BCUT2D eigenvalue weighted by molar-refractivity contribution is 0.0593. The molecule has 1 aliphatic carbocycles. The fourth-order valence-corrected chi connectivity index (χ4v) is 2.76. The molecule has 1 heterocycles. The fourth-order valence-electron chi connectivity index (χ4n) is 2.76. The summed E-state index contributed by atoms with van der Waals surface area (Å²) in [4.78, 5) is 21.9. The van der Waals surface area contributed by atoms with Gasteiger partial charge in [0.1, 0.15) is 5.82 Å². The summed E-state index contributed by atoms with van der Waals surface area (Å²) in [6.45, 7) is 2.29. The molecule has 1 fully saturated rings. The highest BCUT2D eigenvalue weighted by Gasteiger charge is 2.26. The van der Waals surface area contributed by atoms with Gasteiger partial charge in [-0.15, -0.1) is 0 Å². The van der Waals surface area contributed by atoms with Crippen LogP contribution in [0.3, 0.4) is 0 Å². The first-order valence-corrected chi connectivity index (χ1v) is 6.76. The maximum atomic E-state index is 11.3. The van der Waals surface area contributed by atoms with E-state index in [9.17, 15) is 4.79 Å². The molecule has 5 nitrogen and oxygen atoms in total. The van der Waals surface area contributed by atoms with Gasteiger partial charge in [-0.05, 0) is 18.8 Å². The van der Waals surface area contributed by atoms with Gasteiger partial charge >= 0.3 is 5.97 Å². The first-order valence-electron chi connectivity index (χ1n) is 6.76. The lowest BCUT2D eigenvalue weighted by Crippen LogP contribution is -2.39. The molecule has 0 amide bonds. The fraction of sp³-hybridized carbons (Fsp3) is 0.643. The number of hydrogen-bond donors (Lipinski definition) is 0. The van der Waals surface area contributed by atoms with Crippen LogP contribution < -0.4 is 4.90 Å². The number of aromatic nitrogens is 2. The van der Waals surface area contributed by atoms with Crippen LogP contribution in [0.5, 0.6) is 0 Å². The first kappa shape index (κ1) is 13.8. The number of ether oxygens (including phenoxy) is 1. The van der Waals surface area contributed by atoms with Crippen LogP contribution in [0.25, 0.3) is 0 Å². The Morgan fingerprint density at radius 2 is 2.05 bits per heavy atom. The van der Waals surface area contributed by atoms with Gasteiger partial charge in [-0.3, -0.25) is 0 Å². The number of carbonyl (C=O) groups is 1. The molecule has 0 saturated heterocycles. The van der Waals surface area contributed by atoms with Crippen LogP contribution in [0.4, 0.5) is 5.82 Å². The zero-order valence-electron chi connectivity index (χ0n) is 11.8. The van der Waals surface area contributed by atoms with Crippen molar-refractivity contribution in [3.8, 4) is 0 Å². The van der Waals surface area contributed by atoms with E-state index >= 15 is 0 Å². The zero-order chi connectivity index (χ0) is 13.8. The van der Waals surface area contributed by atoms with Crippen LogP contribution in [0.15, 0.2) is 12.4 Å². The van der Waals surface area contributed by atoms with Gasteiger partial charge < -0.3 is 9.64 Å². The Labute approximate surface area is 114 Å². The summed E-state index contributed by atoms with van der Waals surface area (Å²) in [5.41, 5.74) is 0.247. The minimum atomic E-state index is -0.451. The summed E-state index contributed by atoms with van der Waals surface area (Å²) in [6.07, 6.45) is 8.17. The van der Waals surface area contributed by atoms with Crippen molar-refractivity contribution in [3.63, 3.8) is 0 Å². The van der Waals surface area contributed by atoms with E-state index in [0.29, 0.717) is 12.0 Å². The van der Waals surface area contributed by atoms with Gasteiger partial charge in [-0.2, -0.15) is 0 Å². The number of hydrogen-bond acceptors (Lipinski definition) is 5. The number of methoxy groups -OCH3 is 1. The van der Waals surface area contributed by atoms with Crippen molar-refractivity contribution in [2.45, 2.75) is 38.6 Å². The van der Waals surface area contributed by atoms with Crippen molar-refractivity contribution >= 4 is 11.8 Å². The molecule has 0 spiro atoms. The summed E-state index contributed by atoms with van der Waals surface area (Å²) < 4.78 is 4.61. The second-order valence-corrected chi connectivity index (χ2v) is 5.19. The molecule has 0 N–H and O–H groups in total. The maximum Gasteiger partial charge on any atom is 0.358 e. The summed E-state index contributed by atoms with van der Waals surface area (Å²) >= 11 is 0. The molecule has 19 heavy (non-hydrogen) atoms. The van der Waals surface area contributed by atoms with Crippen LogP contribution in [-0.4, -0.2) is 36.1 Å². The van der Waals surface area contributed by atoms with Crippen molar-refractivity contribution in [1.82, 2.24) is 9.97 Å². The van der Waals surface area contributed by atoms with E-state index in [2.05, 4.69) is 26.5 Å². The van der Waals surface area contributed by atoms with Crippen molar-refractivity contribution in [3.05, 3.63) is 18.1 Å². The molecule has 104 valence electrons. The predicted molar refractivity (Wildman–Crippen MR) is 73.2 cm³/mol. The van der Waals surface area contributed by atoms with E-state index in [0.717, 1.165) is 5.82 Å². The first-order chi connectivity index (χ1) is 9.13. The summed E-state index contributed by atoms with van der Waals surface area (Å²) in [7, 11) is 3.39. The molecule has 0 bridgehead atoms. The third kappa shape index (κ3) is 3.03. The topological polar surface area (TPSA) is 55.3 Å². The van der Waals surface area contributed by atoms with Crippen molar-refractivity contribution in [2.75, 3.05) is 19.1 Å². The number of esters is 1. The van der Waals surface area contributed by atoms with E-state index in [-0.39, 0.29) is 5.69 Å². The van der Waals surface area contributed by atoms with Crippen LogP contribution in [0, 0.1) is 5.92 Å². The number of carbonyl (C=O) groups excluding carboxylic acids is 1. The lowest BCUT2D eigenvalue weighted by Gasteiger charge is -2.36. The molecule has 2 atom stereocenters. The summed E-state index contributed by atoms with van der Waals surface area (Å²) in [5, 5.41) is 0. The number of anilines is 1. The van der Waals surface area contributed by atoms with Gasteiger partial charge in [0.15, 0.2) is 5.69 Å². The smallest absolute Gasteiger partial charge is 0.358 e. The van der Waals surface area contributed by atoms with E-state index < -0.39 is 5.97 Å². The van der Waals surface area contributed by atoms with E-state index in [1.165, 1.54) is 39.0 Å². The van der Waals surface area contributed by atoms with E-state index in [1.807, 2.05) is 7.05 Å². The molecule has 1 saturated carbocycles. The molecular formula is C14H21N3O2. The molecule has 0 aliphatic heterocycles. The van der Waals surface area contributed by atoms with Crippen LogP contribution in [0.1, 0.15) is 43.1 Å². The Hall–Kier alpha value is -1.65. The molecule has 2 rings (SSSR count). The number of rotatable bonds is 3. The second kappa shape index (κ2) is 5.99. The Balaban J connectivity index is 2.10. The standard InChI is InChI=1S/C14H21N3O2/c1-10-6-4-5-7-12(10)17(2)13-9-15-11(8-16-13)14(18)19-3/h8-10,12H,4-7H2,1-3H3.